The van der Waals surface area contributed by atoms with Crippen LogP contribution >= 0.6 is 0 Å². The predicted molar refractivity (Wildman–Crippen MR) is 76.1 cm³/mol. The summed E-state index contributed by atoms with van der Waals surface area (Å²) in [7, 11) is 1.67. The molecule has 0 saturated heterocycles. The van der Waals surface area contributed by atoms with Gasteiger partial charge in [-0.2, -0.15) is 0 Å². The van der Waals surface area contributed by atoms with Gasteiger partial charge in [0.1, 0.15) is 5.75 Å². The van der Waals surface area contributed by atoms with E-state index in [1.807, 2.05) is 31.2 Å². The van der Waals surface area contributed by atoms with Gasteiger partial charge in [-0.3, -0.25) is 0 Å². The number of hydrogen-bond acceptors (Lipinski definition) is 2. The zero-order chi connectivity index (χ0) is 13.4. The summed E-state index contributed by atoms with van der Waals surface area (Å²) in [4.78, 5) is 0. The van der Waals surface area contributed by atoms with Crippen molar-refractivity contribution < 1.29 is 9.84 Å². The molecule has 1 atom stereocenters. The quantitative estimate of drug-likeness (QED) is 0.708. The molecule has 1 rings (SSSR count). The Morgan fingerprint density at radius 2 is 1.78 bits per heavy atom. The second-order valence-electron chi connectivity index (χ2n) is 5.33. The van der Waals surface area contributed by atoms with E-state index in [-0.39, 0.29) is 0 Å². The van der Waals surface area contributed by atoms with Crippen molar-refractivity contribution in [3.63, 3.8) is 0 Å². The van der Waals surface area contributed by atoms with E-state index in [1.165, 1.54) is 19.3 Å². The fourth-order valence-corrected chi connectivity index (χ4v) is 2.20. The van der Waals surface area contributed by atoms with E-state index in [2.05, 4.69) is 6.92 Å². The van der Waals surface area contributed by atoms with Crippen LogP contribution in [-0.4, -0.2) is 17.8 Å². The molecule has 0 aliphatic carbocycles. The highest BCUT2D eigenvalue weighted by atomic mass is 16.5. The molecule has 0 bridgehead atoms. The minimum Gasteiger partial charge on any atom is -0.497 e. The summed E-state index contributed by atoms with van der Waals surface area (Å²) < 4.78 is 5.13. The van der Waals surface area contributed by atoms with Crippen molar-refractivity contribution in [2.24, 2.45) is 0 Å². The van der Waals surface area contributed by atoms with Crippen LogP contribution in [0.5, 0.6) is 5.75 Å². The third-order valence-corrected chi connectivity index (χ3v) is 3.31. The second-order valence-corrected chi connectivity index (χ2v) is 5.33. The first-order chi connectivity index (χ1) is 8.57. The molecule has 0 radical (unpaired) electrons. The van der Waals surface area contributed by atoms with Crippen molar-refractivity contribution in [2.45, 2.75) is 58.0 Å². The van der Waals surface area contributed by atoms with Gasteiger partial charge < -0.3 is 9.84 Å². The van der Waals surface area contributed by atoms with Crippen LogP contribution < -0.4 is 4.74 Å². The number of rotatable bonds is 8. The van der Waals surface area contributed by atoms with E-state index in [9.17, 15) is 5.11 Å². The van der Waals surface area contributed by atoms with Crippen LogP contribution in [0.4, 0.5) is 0 Å². The average Bonchev–Trinajstić information content (AvgIpc) is 2.35. The molecule has 18 heavy (non-hydrogen) atoms. The van der Waals surface area contributed by atoms with E-state index in [4.69, 9.17) is 4.74 Å². The Bertz CT molecular complexity index is 327. The topological polar surface area (TPSA) is 29.5 Å². The summed E-state index contributed by atoms with van der Waals surface area (Å²) in [6.45, 7) is 4.14. The summed E-state index contributed by atoms with van der Waals surface area (Å²) in [6, 6.07) is 7.95. The summed E-state index contributed by atoms with van der Waals surface area (Å²) in [6.07, 6.45) is 6.41. The lowest BCUT2D eigenvalue weighted by Gasteiger charge is -2.23. The maximum Gasteiger partial charge on any atom is 0.118 e. The molecule has 1 aromatic carbocycles. The smallest absolute Gasteiger partial charge is 0.118 e. The van der Waals surface area contributed by atoms with Crippen LogP contribution in [0.3, 0.4) is 0 Å². The van der Waals surface area contributed by atoms with Crippen molar-refractivity contribution in [1.29, 1.82) is 0 Å². The van der Waals surface area contributed by atoms with Gasteiger partial charge in [0, 0.05) is 6.42 Å². The minimum atomic E-state index is -0.595. The maximum atomic E-state index is 10.4. The van der Waals surface area contributed by atoms with Gasteiger partial charge >= 0.3 is 0 Å². The fourth-order valence-electron chi connectivity index (χ4n) is 2.20. The van der Waals surface area contributed by atoms with Gasteiger partial charge in [-0.15, -0.1) is 0 Å². The lowest BCUT2D eigenvalue weighted by atomic mass is 9.91. The maximum absolute atomic E-state index is 10.4. The van der Waals surface area contributed by atoms with Crippen LogP contribution in [-0.2, 0) is 6.42 Å². The molecule has 0 aromatic heterocycles. The highest BCUT2D eigenvalue weighted by Gasteiger charge is 2.20. The molecule has 2 nitrogen and oxygen atoms in total. The number of hydrogen-bond donors (Lipinski definition) is 1. The summed E-state index contributed by atoms with van der Waals surface area (Å²) >= 11 is 0. The zero-order valence-corrected chi connectivity index (χ0v) is 11.9. The Kier molecular flexibility index (Phi) is 6.20. The average molecular weight is 250 g/mol. The van der Waals surface area contributed by atoms with Crippen LogP contribution in [0.25, 0.3) is 0 Å². The van der Waals surface area contributed by atoms with Crippen molar-refractivity contribution >= 4 is 0 Å². The van der Waals surface area contributed by atoms with E-state index < -0.39 is 5.60 Å². The van der Waals surface area contributed by atoms with Crippen LogP contribution in [0.2, 0.25) is 0 Å². The van der Waals surface area contributed by atoms with Gasteiger partial charge in [0.2, 0.25) is 0 Å². The molecule has 0 amide bonds. The Morgan fingerprint density at radius 3 is 2.33 bits per heavy atom. The molecule has 0 heterocycles. The molecule has 0 aliphatic rings. The lowest BCUT2D eigenvalue weighted by Crippen LogP contribution is -2.26. The minimum absolute atomic E-state index is 0.595. The van der Waals surface area contributed by atoms with Crippen LogP contribution in [0, 0.1) is 0 Å². The molecule has 0 spiro atoms. The molecule has 0 fully saturated rings. The molecule has 1 N–H and O–H groups in total. The molecule has 0 saturated carbocycles. The second kappa shape index (κ2) is 7.42. The fraction of sp³-hybridized carbons (Fsp3) is 0.625. The highest BCUT2D eigenvalue weighted by molar-refractivity contribution is 5.27. The molecule has 1 aromatic rings. The van der Waals surface area contributed by atoms with E-state index >= 15 is 0 Å². The first-order valence-corrected chi connectivity index (χ1v) is 6.93. The molecular weight excluding hydrogens is 224 g/mol. The van der Waals surface area contributed by atoms with Gasteiger partial charge in [0.15, 0.2) is 0 Å². The van der Waals surface area contributed by atoms with Crippen LogP contribution in [0.15, 0.2) is 24.3 Å². The lowest BCUT2D eigenvalue weighted by molar-refractivity contribution is 0.0485. The summed E-state index contributed by atoms with van der Waals surface area (Å²) in [5.41, 5.74) is 0.568. The van der Waals surface area contributed by atoms with E-state index in [0.717, 1.165) is 24.2 Å². The van der Waals surface area contributed by atoms with Gasteiger partial charge in [0.05, 0.1) is 12.7 Å². The van der Waals surface area contributed by atoms with Gasteiger partial charge in [-0.25, -0.2) is 0 Å². The first kappa shape index (κ1) is 15.0. The number of aliphatic hydroxyl groups is 1. The van der Waals surface area contributed by atoms with Crippen LogP contribution in [0.1, 0.15) is 51.5 Å². The third-order valence-electron chi connectivity index (χ3n) is 3.31. The summed E-state index contributed by atoms with van der Waals surface area (Å²) in [5, 5.41) is 10.4. The number of unbranched alkanes of at least 4 members (excludes halogenated alkanes) is 3. The highest BCUT2D eigenvalue weighted by Crippen LogP contribution is 2.22. The molecule has 1 unspecified atom stereocenters. The van der Waals surface area contributed by atoms with Crippen molar-refractivity contribution in [3.05, 3.63) is 29.8 Å². The first-order valence-electron chi connectivity index (χ1n) is 6.93. The number of benzene rings is 1. The molecule has 102 valence electrons. The monoisotopic (exact) mass is 250 g/mol. The largest absolute Gasteiger partial charge is 0.497 e. The molecule has 0 aliphatic heterocycles. The van der Waals surface area contributed by atoms with Gasteiger partial charge in [-0.05, 0) is 31.0 Å². The Hall–Kier alpha value is -1.02. The Morgan fingerprint density at radius 1 is 1.11 bits per heavy atom. The van der Waals surface area contributed by atoms with Crippen molar-refractivity contribution in [1.82, 2.24) is 0 Å². The normalized spacial score (nSPS) is 14.2. The van der Waals surface area contributed by atoms with E-state index in [1.54, 1.807) is 7.11 Å². The van der Waals surface area contributed by atoms with Crippen molar-refractivity contribution in [2.75, 3.05) is 7.11 Å². The summed E-state index contributed by atoms with van der Waals surface area (Å²) in [5.74, 6) is 0.862. The molecular formula is C16H26O2. The predicted octanol–water partition coefficient (Wildman–Crippen LogP) is 3.96. The van der Waals surface area contributed by atoms with E-state index in [0.29, 0.717) is 6.42 Å². The number of ether oxygens (including phenoxy) is 1. The zero-order valence-electron chi connectivity index (χ0n) is 11.9. The Balaban J connectivity index is 2.42. The van der Waals surface area contributed by atoms with Crippen molar-refractivity contribution in [3.8, 4) is 5.75 Å². The third kappa shape index (κ3) is 5.54. The standard InChI is InChI=1S/C16H26O2/c1-4-5-6-7-12-16(2,17)13-14-8-10-15(18-3)11-9-14/h8-11,17H,4-7,12-13H2,1-3H3. The number of methoxy groups -OCH3 is 1. The Labute approximate surface area is 111 Å². The SMILES string of the molecule is CCCCCCC(C)(O)Cc1ccc(OC)cc1. The van der Waals surface area contributed by atoms with Gasteiger partial charge in [0.25, 0.3) is 0 Å². The van der Waals surface area contributed by atoms with Gasteiger partial charge in [-0.1, -0.05) is 44.7 Å². The molecule has 2 heteroatoms.